The number of carbonyl (C=O) groups excluding carboxylic acids is 1. The average Bonchev–Trinajstić information content (AvgIpc) is 1.83. The third-order valence-electron chi connectivity index (χ3n) is 0.851. The molecule has 0 aliphatic heterocycles. The van der Waals surface area contributed by atoms with Crippen LogP contribution in [-0.4, -0.2) is 17.1 Å². The van der Waals surface area contributed by atoms with Gasteiger partial charge in [0, 0.05) is 0 Å². The lowest BCUT2D eigenvalue weighted by Crippen LogP contribution is -2.42. The standard InChI is InChI=1S/C5H3ClF4O/c1-2-3(11)4(7,8)5(6,9)10/h2H,1H2. The molecule has 0 radical (unpaired) electrons. The third kappa shape index (κ3) is 1.92. The fraction of sp³-hybridized carbons (Fsp3) is 0.400. The Kier molecular flexibility index (Phi) is 2.66. The van der Waals surface area contributed by atoms with E-state index in [-0.39, 0.29) is 6.08 Å². The molecule has 0 unspecified atom stereocenters. The minimum absolute atomic E-state index is 0.0935. The Morgan fingerprint density at radius 3 is 1.82 bits per heavy atom. The monoisotopic (exact) mass is 190 g/mol. The maximum absolute atomic E-state index is 12.0. The van der Waals surface area contributed by atoms with Crippen LogP contribution >= 0.6 is 11.6 Å². The molecule has 0 aromatic carbocycles. The Morgan fingerprint density at radius 1 is 1.36 bits per heavy atom. The van der Waals surface area contributed by atoms with Crippen LogP contribution in [0, 0.1) is 0 Å². The van der Waals surface area contributed by atoms with E-state index in [0.29, 0.717) is 0 Å². The van der Waals surface area contributed by atoms with Crippen molar-refractivity contribution in [3.05, 3.63) is 12.7 Å². The number of ketones is 1. The summed E-state index contributed by atoms with van der Waals surface area (Å²) >= 11 is 3.95. The molecule has 64 valence electrons. The quantitative estimate of drug-likeness (QED) is 0.379. The summed E-state index contributed by atoms with van der Waals surface area (Å²) in [6.07, 6.45) is 0.0935. The largest absolute Gasteiger partial charge is 0.391 e. The highest BCUT2D eigenvalue weighted by molar-refractivity contribution is 6.24. The molecule has 0 amide bonds. The maximum atomic E-state index is 12.0. The summed E-state index contributed by atoms with van der Waals surface area (Å²) in [5.74, 6) is -6.98. The Morgan fingerprint density at radius 2 is 1.73 bits per heavy atom. The van der Waals surface area contributed by atoms with Crippen molar-refractivity contribution in [3.63, 3.8) is 0 Å². The molecule has 0 saturated heterocycles. The summed E-state index contributed by atoms with van der Waals surface area (Å²) in [6, 6.07) is 0. The molecule has 11 heavy (non-hydrogen) atoms. The van der Waals surface area contributed by atoms with Gasteiger partial charge in [-0.2, -0.15) is 17.6 Å². The van der Waals surface area contributed by atoms with Crippen LogP contribution in [0.1, 0.15) is 0 Å². The SMILES string of the molecule is C=CC(=O)C(F)(F)C(F)(F)Cl. The summed E-state index contributed by atoms with van der Waals surface area (Å²) in [6.45, 7) is 2.62. The molecule has 0 spiro atoms. The molecule has 0 fully saturated rings. The number of hydrogen-bond donors (Lipinski definition) is 0. The van der Waals surface area contributed by atoms with Crippen molar-refractivity contribution >= 4 is 17.4 Å². The van der Waals surface area contributed by atoms with Crippen molar-refractivity contribution in [3.8, 4) is 0 Å². The van der Waals surface area contributed by atoms with Gasteiger partial charge in [-0.3, -0.25) is 4.79 Å². The number of carbonyl (C=O) groups is 1. The van der Waals surface area contributed by atoms with Crippen molar-refractivity contribution in [2.24, 2.45) is 0 Å². The summed E-state index contributed by atoms with van der Waals surface area (Å²) in [7, 11) is 0. The van der Waals surface area contributed by atoms with Gasteiger partial charge in [0.2, 0.25) is 5.78 Å². The smallest absolute Gasteiger partial charge is 0.288 e. The van der Waals surface area contributed by atoms with Crippen molar-refractivity contribution in [1.29, 1.82) is 0 Å². The molecule has 0 aromatic rings. The minimum Gasteiger partial charge on any atom is -0.288 e. The van der Waals surface area contributed by atoms with Gasteiger partial charge < -0.3 is 0 Å². The van der Waals surface area contributed by atoms with Crippen LogP contribution in [0.15, 0.2) is 12.7 Å². The molecule has 0 heterocycles. The molecule has 0 saturated carbocycles. The number of allylic oxidation sites excluding steroid dienone is 1. The molecular weight excluding hydrogens is 187 g/mol. The van der Waals surface area contributed by atoms with Crippen LogP contribution in [-0.2, 0) is 4.79 Å². The minimum atomic E-state index is -4.88. The normalized spacial score (nSPS) is 12.8. The van der Waals surface area contributed by atoms with Crippen LogP contribution in [0.3, 0.4) is 0 Å². The van der Waals surface area contributed by atoms with Gasteiger partial charge >= 0.3 is 11.3 Å². The predicted octanol–water partition coefficient (Wildman–Crippen LogP) is 2.21. The summed E-state index contributed by atoms with van der Waals surface area (Å²) in [5, 5.41) is -4.86. The first-order valence-electron chi connectivity index (χ1n) is 2.35. The number of hydrogen-bond acceptors (Lipinski definition) is 1. The van der Waals surface area contributed by atoms with E-state index in [0.717, 1.165) is 0 Å². The lowest BCUT2D eigenvalue weighted by Gasteiger charge is -2.17. The second kappa shape index (κ2) is 2.81. The van der Waals surface area contributed by atoms with E-state index in [1.165, 1.54) is 0 Å². The van der Waals surface area contributed by atoms with Crippen LogP contribution in [0.2, 0.25) is 0 Å². The first kappa shape index (κ1) is 10.4. The van der Waals surface area contributed by atoms with E-state index in [2.05, 4.69) is 18.2 Å². The summed E-state index contributed by atoms with van der Waals surface area (Å²) in [4.78, 5) is 10.0. The zero-order chi connectivity index (χ0) is 9.28. The van der Waals surface area contributed by atoms with E-state index in [1.54, 1.807) is 0 Å². The second-order valence-corrected chi connectivity index (χ2v) is 2.12. The molecule has 0 N–H and O–H groups in total. The summed E-state index contributed by atoms with van der Waals surface area (Å²) < 4.78 is 47.4. The predicted molar refractivity (Wildman–Crippen MR) is 31.0 cm³/mol. The molecule has 0 aliphatic carbocycles. The van der Waals surface area contributed by atoms with Crippen molar-refractivity contribution < 1.29 is 22.4 Å². The number of rotatable bonds is 3. The Labute approximate surface area is 64.6 Å². The van der Waals surface area contributed by atoms with Crippen LogP contribution < -0.4 is 0 Å². The van der Waals surface area contributed by atoms with E-state index in [1.807, 2.05) is 0 Å². The summed E-state index contributed by atoms with van der Waals surface area (Å²) in [5.41, 5.74) is 0. The molecular formula is C5H3ClF4O. The Hall–Kier alpha value is -0.580. The molecule has 0 aromatic heterocycles. The first-order chi connectivity index (χ1) is 4.73. The van der Waals surface area contributed by atoms with Gasteiger partial charge in [-0.15, -0.1) is 0 Å². The van der Waals surface area contributed by atoms with Crippen molar-refractivity contribution in [2.75, 3.05) is 0 Å². The maximum Gasteiger partial charge on any atom is 0.391 e. The zero-order valence-corrected chi connectivity index (χ0v) is 5.84. The van der Waals surface area contributed by atoms with Crippen LogP contribution in [0.4, 0.5) is 17.6 Å². The van der Waals surface area contributed by atoms with Gasteiger partial charge in [0.1, 0.15) is 0 Å². The van der Waals surface area contributed by atoms with Gasteiger partial charge in [-0.25, -0.2) is 0 Å². The third-order valence-corrected chi connectivity index (χ3v) is 1.09. The first-order valence-corrected chi connectivity index (χ1v) is 2.72. The number of halogens is 5. The number of alkyl halides is 5. The van der Waals surface area contributed by atoms with E-state index < -0.39 is 17.1 Å². The fourth-order valence-corrected chi connectivity index (χ4v) is 0.361. The van der Waals surface area contributed by atoms with E-state index >= 15 is 0 Å². The average molecular weight is 191 g/mol. The van der Waals surface area contributed by atoms with Gasteiger partial charge in [-0.05, 0) is 17.7 Å². The van der Waals surface area contributed by atoms with Gasteiger partial charge in [0.25, 0.3) is 0 Å². The van der Waals surface area contributed by atoms with Crippen LogP contribution in [0.5, 0.6) is 0 Å². The zero-order valence-electron chi connectivity index (χ0n) is 5.08. The lowest BCUT2D eigenvalue weighted by atomic mass is 10.2. The Balaban J connectivity index is 4.73. The van der Waals surface area contributed by atoms with E-state index in [4.69, 9.17) is 0 Å². The fourth-order valence-electron chi connectivity index (χ4n) is 0.268. The second-order valence-electron chi connectivity index (χ2n) is 1.64. The van der Waals surface area contributed by atoms with E-state index in [9.17, 15) is 22.4 Å². The van der Waals surface area contributed by atoms with Crippen LogP contribution in [0.25, 0.3) is 0 Å². The molecule has 0 rings (SSSR count). The lowest BCUT2D eigenvalue weighted by molar-refractivity contribution is -0.173. The highest BCUT2D eigenvalue weighted by Gasteiger charge is 2.59. The Bertz CT molecular complexity index is 183. The van der Waals surface area contributed by atoms with Crippen molar-refractivity contribution in [1.82, 2.24) is 0 Å². The molecule has 0 atom stereocenters. The van der Waals surface area contributed by atoms with Gasteiger partial charge in [-0.1, -0.05) is 6.58 Å². The molecule has 1 nitrogen and oxygen atoms in total. The van der Waals surface area contributed by atoms with Gasteiger partial charge in [0.15, 0.2) is 0 Å². The molecule has 0 aliphatic rings. The highest BCUT2D eigenvalue weighted by atomic mass is 35.5. The highest BCUT2D eigenvalue weighted by Crippen LogP contribution is 2.38. The molecule has 0 bridgehead atoms. The van der Waals surface area contributed by atoms with Crippen molar-refractivity contribution in [2.45, 2.75) is 11.3 Å². The molecule has 6 heteroatoms. The topological polar surface area (TPSA) is 17.1 Å². The van der Waals surface area contributed by atoms with Gasteiger partial charge in [0.05, 0.1) is 0 Å².